The Labute approximate surface area is 197 Å². The quantitative estimate of drug-likeness (QED) is 0.112. The van der Waals surface area contributed by atoms with Gasteiger partial charge >= 0.3 is 8.80 Å². The van der Waals surface area contributed by atoms with Crippen molar-refractivity contribution in [2.45, 2.75) is 129 Å². The van der Waals surface area contributed by atoms with Crippen LogP contribution in [0.15, 0.2) is 0 Å². The topological polar surface area (TPSA) is 39.7 Å². The van der Waals surface area contributed by atoms with Gasteiger partial charge in [0.1, 0.15) is 0 Å². The molecule has 0 aliphatic rings. The first-order valence-corrected chi connectivity index (χ1v) is 15.4. The summed E-state index contributed by atoms with van der Waals surface area (Å²) in [5, 5.41) is 3.54. The fourth-order valence-corrected chi connectivity index (χ4v) is 5.93. The van der Waals surface area contributed by atoms with Gasteiger partial charge in [-0.2, -0.15) is 0 Å². The molecule has 31 heavy (non-hydrogen) atoms. The second-order valence-corrected chi connectivity index (χ2v) is 12.7. The Morgan fingerprint density at radius 2 is 0.871 bits per heavy atom. The first-order valence-electron chi connectivity index (χ1n) is 13.5. The molecule has 0 spiro atoms. The Balaban J connectivity index is 3.17. The maximum atomic E-state index is 5.45. The third-order valence-electron chi connectivity index (χ3n) is 6.40. The largest absolute Gasteiger partial charge is 0.500 e. The van der Waals surface area contributed by atoms with Crippen LogP contribution in [0, 0.1) is 5.92 Å². The zero-order valence-corrected chi connectivity index (χ0v) is 22.9. The highest BCUT2D eigenvalue weighted by atomic mass is 28.4. The van der Waals surface area contributed by atoms with Gasteiger partial charge in [0.15, 0.2) is 0 Å². The van der Waals surface area contributed by atoms with Crippen LogP contribution in [0.1, 0.15) is 123 Å². The van der Waals surface area contributed by atoms with Gasteiger partial charge in [-0.15, -0.1) is 0 Å². The minimum atomic E-state index is -2.37. The first-order chi connectivity index (χ1) is 15.1. The summed E-state index contributed by atoms with van der Waals surface area (Å²) >= 11 is 0. The molecule has 0 aliphatic carbocycles. The summed E-state index contributed by atoms with van der Waals surface area (Å²) in [6.45, 7) is 6.81. The highest BCUT2D eigenvalue weighted by Gasteiger charge is 2.36. The van der Waals surface area contributed by atoms with Crippen molar-refractivity contribution in [3.05, 3.63) is 0 Å². The summed E-state index contributed by atoms with van der Waals surface area (Å²) in [4.78, 5) is 0. The average Bonchev–Trinajstić information content (AvgIpc) is 2.77. The van der Waals surface area contributed by atoms with Crippen LogP contribution in [0.2, 0.25) is 6.04 Å². The molecule has 0 aromatic rings. The maximum Gasteiger partial charge on any atom is 0.500 e. The smallest absolute Gasteiger partial charge is 0.377 e. The summed E-state index contributed by atoms with van der Waals surface area (Å²) in [6, 6.07) is 0.877. The van der Waals surface area contributed by atoms with Crippen molar-refractivity contribution >= 4 is 8.80 Å². The lowest BCUT2D eigenvalue weighted by molar-refractivity contribution is 0.123. The number of nitrogens with one attached hydrogen (secondary N) is 1. The summed E-state index contributed by atoms with van der Waals surface area (Å²) in [6.07, 6.45) is 23.9. The van der Waals surface area contributed by atoms with E-state index in [1.807, 2.05) is 0 Å². The molecular formula is C26H57NO3Si. The lowest BCUT2D eigenvalue weighted by Crippen LogP contribution is -2.43. The molecule has 0 heterocycles. The van der Waals surface area contributed by atoms with Crippen LogP contribution >= 0.6 is 0 Å². The highest BCUT2D eigenvalue weighted by Crippen LogP contribution is 2.15. The molecule has 0 aromatic carbocycles. The van der Waals surface area contributed by atoms with Crippen LogP contribution in [0.4, 0.5) is 0 Å². The van der Waals surface area contributed by atoms with E-state index in [2.05, 4.69) is 19.2 Å². The fourth-order valence-electron chi connectivity index (χ4n) is 4.21. The third kappa shape index (κ3) is 20.4. The summed E-state index contributed by atoms with van der Waals surface area (Å²) < 4.78 is 16.3. The lowest BCUT2D eigenvalue weighted by atomic mass is 10.0. The molecule has 188 valence electrons. The molecule has 0 bridgehead atoms. The van der Waals surface area contributed by atoms with Crippen LogP contribution in [-0.4, -0.2) is 43.2 Å². The predicted octanol–water partition coefficient (Wildman–Crippen LogP) is 7.74. The van der Waals surface area contributed by atoms with Gasteiger partial charge in [-0.05, 0) is 31.8 Å². The second kappa shape index (κ2) is 23.2. The van der Waals surface area contributed by atoms with E-state index in [9.17, 15) is 0 Å². The van der Waals surface area contributed by atoms with E-state index in [0.717, 1.165) is 31.5 Å². The molecule has 0 radical (unpaired) electrons. The van der Waals surface area contributed by atoms with Crippen molar-refractivity contribution in [2.24, 2.45) is 5.92 Å². The first kappa shape index (κ1) is 31.1. The standard InChI is InChI=1S/C26H57NO3Si/c1-26(2)22-19-17-15-13-11-9-7-6-8-10-12-14-16-18-20-23-27-24-21-25-31(28-3,29-4)30-5/h26-27H,6-25H2,1-5H3. The third-order valence-corrected chi connectivity index (χ3v) is 9.24. The molecule has 0 amide bonds. The van der Waals surface area contributed by atoms with Gasteiger partial charge in [0, 0.05) is 27.4 Å². The lowest BCUT2D eigenvalue weighted by Gasteiger charge is -2.24. The summed E-state index contributed by atoms with van der Waals surface area (Å²) in [5.41, 5.74) is 0. The molecule has 4 nitrogen and oxygen atoms in total. The monoisotopic (exact) mass is 459 g/mol. The molecule has 0 aliphatic heterocycles. The Morgan fingerprint density at radius 1 is 0.516 bits per heavy atom. The normalized spacial score (nSPS) is 12.2. The molecule has 0 atom stereocenters. The number of unbranched alkanes of at least 4 members (excludes halogenated alkanes) is 14. The zero-order chi connectivity index (χ0) is 23.0. The Bertz CT molecular complexity index is 343. The molecule has 0 rings (SSSR count). The van der Waals surface area contributed by atoms with Crippen molar-refractivity contribution in [1.29, 1.82) is 0 Å². The summed E-state index contributed by atoms with van der Waals surface area (Å²) in [7, 11) is 2.68. The molecule has 0 saturated heterocycles. The number of hydrogen-bond donors (Lipinski definition) is 1. The minimum Gasteiger partial charge on any atom is -0.377 e. The van der Waals surface area contributed by atoms with Gasteiger partial charge in [-0.3, -0.25) is 0 Å². The van der Waals surface area contributed by atoms with E-state index < -0.39 is 8.80 Å². The van der Waals surface area contributed by atoms with Gasteiger partial charge in [0.05, 0.1) is 0 Å². The molecular weight excluding hydrogens is 402 g/mol. The second-order valence-electron chi connectivity index (χ2n) is 9.63. The molecule has 0 aromatic heterocycles. The summed E-state index contributed by atoms with van der Waals surface area (Å²) in [5.74, 6) is 0.884. The van der Waals surface area contributed by atoms with E-state index in [1.165, 1.54) is 103 Å². The van der Waals surface area contributed by atoms with Gasteiger partial charge in [-0.25, -0.2) is 0 Å². The highest BCUT2D eigenvalue weighted by molar-refractivity contribution is 6.60. The van der Waals surface area contributed by atoms with Gasteiger partial charge < -0.3 is 18.6 Å². The average molecular weight is 460 g/mol. The van der Waals surface area contributed by atoms with Crippen LogP contribution in [-0.2, 0) is 13.3 Å². The van der Waals surface area contributed by atoms with Crippen LogP contribution in [0.3, 0.4) is 0 Å². The van der Waals surface area contributed by atoms with Crippen LogP contribution in [0.5, 0.6) is 0 Å². The van der Waals surface area contributed by atoms with E-state index in [4.69, 9.17) is 13.3 Å². The Morgan fingerprint density at radius 3 is 1.26 bits per heavy atom. The van der Waals surface area contributed by atoms with Crippen molar-refractivity contribution in [1.82, 2.24) is 5.32 Å². The molecule has 0 fully saturated rings. The maximum absolute atomic E-state index is 5.45. The van der Waals surface area contributed by atoms with Crippen LogP contribution in [0.25, 0.3) is 0 Å². The van der Waals surface area contributed by atoms with E-state index in [1.54, 1.807) is 21.3 Å². The van der Waals surface area contributed by atoms with Crippen molar-refractivity contribution < 1.29 is 13.3 Å². The predicted molar refractivity (Wildman–Crippen MR) is 138 cm³/mol. The number of rotatable bonds is 25. The van der Waals surface area contributed by atoms with Gasteiger partial charge in [0.2, 0.25) is 0 Å². The van der Waals surface area contributed by atoms with Crippen molar-refractivity contribution in [3.8, 4) is 0 Å². The number of hydrogen-bond acceptors (Lipinski definition) is 4. The van der Waals surface area contributed by atoms with Gasteiger partial charge in [0.25, 0.3) is 0 Å². The van der Waals surface area contributed by atoms with Crippen LogP contribution < -0.4 is 5.32 Å². The minimum absolute atomic E-state index is 0.877. The van der Waals surface area contributed by atoms with Crippen molar-refractivity contribution in [3.63, 3.8) is 0 Å². The van der Waals surface area contributed by atoms with E-state index in [-0.39, 0.29) is 0 Å². The SMILES string of the molecule is CO[Si](CCCNCCCCCCCCCCCCCCCCCC(C)C)(OC)OC. The Hall–Kier alpha value is 0.0569. The molecule has 5 heteroatoms. The fraction of sp³-hybridized carbons (Fsp3) is 1.00. The Kier molecular flexibility index (Phi) is 23.3. The molecule has 1 N–H and O–H groups in total. The van der Waals surface area contributed by atoms with Gasteiger partial charge in [-0.1, -0.05) is 110 Å². The zero-order valence-electron chi connectivity index (χ0n) is 21.9. The van der Waals surface area contributed by atoms with E-state index in [0.29, 0.717) is 0 Å². The van der Waals surface area contributed by atoms with E-state index >= 15 is 0 Å². The molecule has 0 saturated carbocycles. The van der Waals surface area contributed by atoms with Crippen molar-refractivity contribution in [2.75, 3.05) is 34.4 Å². The molecule has 0 unspecified atom stereocenters.